The topological polar surface area (TPSA) is 59.0 Å². The zero-order valence-corrected chi connectivity index (χ0v) is 14.7. The highest BCUT2D eigenvalue weighted by atomic mass is 32.2. The smallest absolute Gasteiger partial charge is 0.255 e. The molecule has 128 valence electrons. The van der Waals surface area contributed by atoms with Gasteiger partial charge in [0.1, 0.15) is 5.75 Å². The fourth-order valence-electron chi connectivity index (χ4n) is 3.16. The van der Waals surface area contributed by atoms with Crippen molar-refractivity contribution in [2.24, 2.45) is 4.40 Å². The standard InChI is InChI=1S/C19H18N2O3S/c1-24-17-8-7-14-12-16(6-5-15(14)13-17)18-4-2-9-21-10-3-11-25(22,23)20-19(18)21/h2,4-9,12-13H,3,10-11H2,1H3. The molecule has 0 N–H and O–H groups in total. The summed E-state index contributed by atoms with van der Waals surface area (Å²) in [5.74, 6) is 1.41. The van der Waals surface area contributed by atoms with Crippen LogP contribution in [0.5, 0.6) is 5.75 Å². The number of methoxy groups -OCH3 is 1. The number of allylic oxidation sites excluding steroid dienone is 2. The molecule has 25 heavy (non-hydrogen) atoms. The van der Waals surface area contributed by atoms with E-state index in [2.05, 4.69) is 10.5 Å². The minimum atomic E-state index is -3.43. The molecule has 0 bridgehead atoms. The third kappa shape index (κ3) is 3.05. The number of hydrogen-bond acceptors (Lipinski definition) is 4. The van der Waals surface area contributed by atoms with Gasteiger partial charge in [0.25, 0.3) is 10.0 Å². The molecule has 0 saturated heterocycles. The van der Waals surface area contributed by atoms with E-state index in [0.29, 0.717) is 18.8 Å². The molecule has 2 heterocycles. The molecule has 0 radical (unpaired) electrons. The molecule has 0 amide bonds. The first-order chi connectivity index (χ1) is 12.1. The van der Waals surface area contributed by atoms with Crippen LogP contribution in [0.4, 0.5) is 0 Å². The SMILES string of the molecule is COc1ccc2cc(C3=CC=CN4CCCS(=O)(=O)N=C34)ccc2c1. The fraction of sp³-hybridized carbons (Fsp3) is 0.211. The van der Waals surface area contributed by atoms with E-state index in [9.17, 15) is 8.42 Å². The summed E-state index contributed by atoms with van der Waals surface area (Å²) in [5.41, 5.74) is 1.77. The monoisotopic (exact) mass is 354 g/mol. The predicted octanol–water partition coefficient (Wildman–Crippen LogP) is 3.19. The molecule has 6 heteroatoms. The molecule has 2 aromatic carbocycles. The maximum atomic E-state index is 12.1. The van der Waals surface area contributed by atoms with Gasteiger partial charge < -0.3 is 9.64 Å². The molecule has 0 atom stereocenters. The van der Waals surface area contributed by atoms with Crippen LogP contribution in [0.2, 0.25) is 0 Å². The van der Waals surface area contributed by atoms with Crippen molar-refractivity contribution in [1.82, 2.24) is 4.90 Å². The first-order valence-corrected chi connectivity index (χ1v) is 9.73. The van der Waals surface area contributed by atoms with Crippen molar-refractivity contribution in [3.8, 4) is 5.75 Å². The largest absolute Gasteiger partial charge is 0.497 e. The van der Waals surface area contributed by atoms with E-state index in [-0.39, 0.29) is 5.75 Å². The minimum Gasteiger partial charge on any atom is -0.497 e. The number of fused-ring (bicyclic) bond motifs is 2. The van der Waals surface area contributed by atoms with E-state index in [1.807, 2.05) is 53.6 Å². The lowest BCUT2D eigenvalue weighted by Gasteiger charge is -2.24. The number of ether oxygens (including phenoxy) is 1. The molecule has 0 fully saturated rings. The number of hydrogen-bond donors (Lipinski definition) is 0. The van der Waals surface area contributed by atoms with Gasteiger partial charge in [0.15, 0.2) is 5.84 Å². The van der Waals surface area contributed by atoms with Crippen molar-refractivity contribution in [1.29, 1.82) is 0 Å². The molecule has 0 aromatic heterocycles. The summed E-state index contributed by atoms with van der Waals surface area (Å²) in [6.45, 7) is 0.649. The lowest BCUT2D eigenvalue weighted by atomic mass is 9.98. The Hall–Kier alpha value is -2.60. The molecule has 2 aliphatic heterocycles. The van der Waals surface area contributed by atoms with E-state index in [1.165, 1.54) is 0 Å². The van der Waals surface area contributed by atoms with Crippen LogP contribution < -0.4 is 4.74 Å². The fourth-order valence-corrected chi connectivity index (χ4v) is 4.22. The Morgan fingerprint density at radius 2 is 1.92 bits per heavy atom. The highest BCUT2D eigenvalue weighted by molar-refractivity contribution is 7.90. The molecule has 2 aromatic rings. The Morgan fingerprint density at radius 1 is 1.12 bits per heavy atom. The molecule has 0 spiro atoms. The molecule has 0 unspecified atom stereocenters. The number of nitrogens with zero attached hydrogens (tertiary/aromatic N) is 2. The van der Waals surface area contributed by atoms with Gasteiger partial charge in [0.2, 0.25) is 0 Å². The van der Waals surface area contributed by atoms with E-state index in [4.69, 9.17) is 4.74 Å². The van der Waals surface area contributed by atoms with Crippen molar-refractivity contribution in [3.63, 3.8) is 0 Å². The summed E-state index contributed by atoms with van der Waals surface area (Å²) in [5, 5.41) is 2.14. The van der Waals surface area contributed by atoms with Crippen LogP contribution in [0.1, 0.15) is 12.0 Å². The molecule has 5 nitrogen and oxygen atoms in total. The quantitative estimate of drug-likeness (QED) is 0.831. The predicted molar refractivity (Wildman–Crippen MR) is 100 cm³/mol. The second-order valence-electron chi connectivity index (χ2n) is 6.10. The van der Waals surface area contributed by atoms with Crippen LogP contribution in [-0.2, 0) is 10.0 Å². The van der Waals surface area contributed by atoms with Crippen molar-refractivity contribution >= 4 is 32.2 Å². The number of amidine groups is 1. The molecular formula is C19H18N2O3S. The van der Waals surface area contributed by atoms with Gasteiger partial charge >= 0.3 is 0 Å². The van der Waals surface area contributed by atoms with Crippen LogP contribution in [0.25, 0.3) is 16.3 Å². The van der Waals surface area contributed by atoms with Gasteiger partial charge in [-0.15, -0.1) is 4.40 Å². The first kappa shape index (κ1) is 15.9. The number of rotatable bonds is 2. The summed E-state index contributed by atoms with van der Waals surface area (Å²) in [4.78, 5) is 1.91. The van der Waals surface area contributed by atoms with Crippen LogP contribution in [0.15, 0.2) is 59.1 Å². The summed E-state index contributed by atoms with van der Waals surface area (Å²) in [6, 6.07) is 12.0. The lowest BCUT2D eigenvalue weighted by molar-refractivity contribution is 0.415. The van der Waals surface area contributed by atoms with E-state index in [1.54, 1.807) is 7.11 Å². The summed E-state index contributed by atoms with van der Waals surface area (Å²) in [6.07, 6.45) is 6.31. The van der Waals surface area contributed by atoms with Crippen molar-refractivity contribution in [2.45, 2.75) is 6.42 Å². The van der Waals surface area contributed by atoms with Gasteiger partial charge in [-0.3, -0.25) is 0 Å². The zero-order valence-electron chi connectivity index (χ0n) is 13.8. The molecule has 0 aliphatic carbocycles. The van der Waals surface area contributed by atoms with Crippen molar-refractivity contribution in [2.75, 3.05) is 19.4 Å². The molecule has 2 aliphatic rings. The summed E-state index contributed by atoms with van der Waals surface area (Å²) < 4.78 is 33.5. The summed E-state index contributed by atoms with van der Waals surface area (Å²) >= 11 is 0. The number of benzene rings is 2. The van der Waals surface area contributed by atoms with Gasteiger partial charge in [-0.05, 0) is 53.1 Å². The molecular weight excluding hydrogens is 336 g/mol. The molecule has 4 rings (SSSR count). The second-order valence-corrected chi connectivity index (χ2v) is 7.85. The Balaban J connectivity index is 1.82. The van der Waals surface area contributed by atoms with Crippen LogP contribution >= 0.6 is 0 Å². The van der Waals surface area contributed by atoms with E-state index < -0.39 is 10.0 Å². The average Bonchev–Trinajstić information content (AvgIpc) is 2.77. The van der Waals surface area contributed by atoms with Crippen LogP contribution in [-0.4, -0.2) is 38.6 Å². The van der Waals surface area contributed by atoms with E-state index >= 15 is 0 Å². The second kappa shape index (κ2) is 6.04. The van der Waals surface area contributed by atoms with Crippen LogP contribution in [0, 0.1) is 0 Å². The van der Waals surface area contributed by atoms with Crippen molar-refractivity contribution in [3.05, 3.63) is 60.3 Å². The minimum absolute atomic E-state index is 0.0889. The zero-order chi connectivity index (χ0) is 17.4. The Kier molecular flexibility index (Phi) is 3.84. The van der Waals surface area contributed by atoms with E-state index in [0.717, 1.165) is 27.7 Å². The Labute approximate surface area is 147 Å². The van der Waals surface area contributed by atoms with Crippen LogP contribution in [0.3, 0.4) is 0 Å². The average molecular weight is 354 g/mol. The van der Waals surface area contributed by atoms with Gasteiger partial charge in [0, 0.05) is 18.3 Å². The third-order valence-electron chi connectivity index (χ3n) is 4.43. The van der Waals surface area contributed by atoms with Gasteiger partial charge in [-0.25, -0.2) is 8.42 Å². The third-order valence-corrected chi connectivity index (χ3v) is 5.68. The summed E-state index contributed by atoms with van der Waals surface area (Å²) in [7, 11) is -1.78. The first-order valence-electron chi connectivity index (χ1n) is 8.12. The maximum absolute atomic E-state index is 12.1. The lowest BCUT2D eigenvalue weighted by Crippen LogP contribution is -2.28. The highest BCUT2D eigenvalue weighted by Crippen LogP contribution is 2.29. The normalized spacial score (nSPS) is 19.0. The molecule has 0 saturated carbocycles. The van der Waals surface area contributed by atoms with Gasteiger partial charge in [0.05, 0.1) is 12.9 Å². The van der Waals surface area contributed by atoms with Gasteiger partial charge in [-0.2, -0.15) is 0 Å². The number of sulfonamides is 1. The van der Waals surface area contributed by atoms with Crippen molar-refractivity contribution < 1.29 is 13.2 Å². The maximum Gasteiger partial charge on any atom is 0.255 e. The van der Waals surface area contributed by atoms with Gasteiger partial charge in [-0.1, -0.05) is 18.2 Å². The Bertz CT molecular complexity index is 1040. The Morgan fingerprint density at radius 3 is 2.76 bits per heavy atom. The highest BCUT2D eigenvalue weighted by Gasteiger charge is 2.25.